The average molecular weight is 303 g/mol. The number of hydrogen-bond acceptors (Lipinski definition) is 6. The van der Waals surface area contributed by atoms with Crippen LogP contribution in [-0.4, -0.2) is 40.3 Å². The number of rotatable bonds is 5. The first-order chi connectivity index (χ1) is 10.7. The molecule has 1 N–H and O–H groups in total. The molecule has 22 heavy (non-hydrogen) atoms. The monoisotopic (exact) mass is 303 g/mol. The molecule has 1 aromatic heterocycles. The van der Waals surface area contributed by atoms with Crippen LogP contribution >= 0.6 is 0 Å². The number of nitrogens with zero attached hydrogens (tertiary/aromatic N) is 3. The summed E-state index contributed by atoms with van der Waals surface area (Å²) < 4.78 is 10.3. The molecule has 0 aliphatic carbocycles. The fourth-order valence-electron chi connectivity index (χ4n) is 2.96. The summed E-state index contributed by atoms with van der Waals surface area (Å²) in [6.45, 7) is 3.27. The summed E-state index contributed by atoms with van der Waals surface area (Å²) in [4.78, 5) is 6.55. The van der Waals surface area contributed by atoms with Gasteiger partial charge in [-0.05, 0) is 37.1 Å². The lowest BCUT2D eigenvalue weighted by Gasteiger charge is -2.25. The minimum Gasteiger partial charge on any atom is -0.497 e. The first kappa shape index (κ1) is 15.0. The van der Waals surface area contributed by atoms with Crippen LogP contribution in [0.4, 0.5) is 0 Å². The molecule has 0 bridgehead atoms. The second-order valence-electron chi connectivity index (χ2n) is 5.62. The maximum atomic E-state index is 10.5. The van der Waals surface area contributed by atoms with Crippen molar-refractivity contribution < 1.29 is 14.4 Å². The molecule has 1 saturated heterocycles. The molecule has 1 aromatic carbocycles. The Balaban J connectivity index is 1.71. The van der Waals surface area contributed by atoms with Crippen LogP contribution in [-0.2, 0) is 0 Å². The number of methoxy groups -OCH3 is 1. The zero-order valence-electron chi connectivity index (χ0n) is 12.9. The van der Waals surface area contributed by atoms with E-state index >= 15 is 0 Å². The Hall–Kier alpha value is -1.92. The highest BCUT2D eigenvalue weighted by Crippen LogP contribution is 2.32. The number of aliphatic hydroxyl groups excluding tert-OH is 1. The van der Waals surface area contributed by atoms with Crippen LogP contribution in [0.1, 0.15) is 42.3 Å². The van der Waals surface area contributed by atoms with Gasteiger partial charge in [-0.25, -0.2) is 0 Å². The summed E-state index contributed by atoms with van der Waals surface area (Å²) in [6, 6.07) is 7.67. The van der Waals surface area contributed by atoms with Crippen molar-refractivity contribution in [2.45, 2.75) is 31.9 Å². The highest BCUT2D eigenvalue weighted by Gasteiger charge is 2.31. The van der Waals surface area contributed by atoms with E-state index in [2.05, 4.69) is 15.0 Å². The lowest BCUT2D eigenvalue weighted by molar-refractivity contribution is 0.103. The molecule has 2 heterocycles. The summed E-state index contributed by atoms with van der Waals surface area (Å²) in [5, 5.41) is 14.5. The van der Waals surface area contributed by atoms with Gasteiger partial charge in [0, 0.05) is 13.5 Å². The highest BCUT2D eigenvalue weighted by molar-refractivity contribution is 5.30. The van der Waals surface area contributed by atoms with Crippen molar-refractivity contribution in [3.63, 3.8) is 0 Å². The van der Waals surface area contributed by atoms with E-state index in [4.69, 9.17) is 9.26 Å². The third kappa shape index (κ3) is 3.13. The zero-order chi connectivity index (χ0) is 15.5. The fraction of sp³-hybridized carbons (Fsp3) is 0.500. The Morgan fingerprint density at radius 3 is 3.09 bits per heavy atom. The van der Waals surface area contributed by atoms with E-state index in [9.17, 15) is 5.11 Å². The number of likely N-dealkylation sites (tertiary alicyclic amines) is 1. The van der Waals surface area contributed by atoms with Crippen LogP contribution in [0.15, 0.2) is 28.8 Å². The van der Waals surface area contributed by atoms with Crippen LogP contribution in [0.2, 0.25) is 0 Å². The van der Waals surface area contributed by atoms with Gasteiger partial charge in [-0.15, -0.1) is 0 Å². The molecular formula is C16H21N3O3. The standard InChI is InChI=1S/C16H21N3O3/c1-11-17-16(18-22-11)14-7-4-8-19(14)10-15(20)12-5-3-6-13(9-12)21-2/h3,5-6,9,14-15,20H,4,7-8,10H2,1-2H3. The summed E-state index contributed by atoms with van der Waals surface area (Å²) in [5.41, 5.74) is 0.856. The number of aryl methyl sites for hydroxylation is 1. The van der Waals surface area contributed by atoms with Gasteiger partial charge in [0.1, 0.15) is 5.75 Å². The number of aromatic nitrogens is 2. The summed E-state index contributed by atoms with van der Waals surface area (Å²) >= 11 is 0. The lowest BCUT2D eigenvalue weighted by atomic mass is 10.1. The van der Waals surface area contributed by atoms with Crippen LogP contribution in [0.3, 0.4) is 0 Å². The first-order valence-electron chi connectivity index (χ1n) is 7.53. The van der Waals surface area contributed by atoms with Crippen molar-refractivity contribution >= 4 is 0 Å². The molecule has 0 spiro atoms. The molecule has 118 valence electrons. The van der Waals surface area contributed by atoms with Crippen molar-refractivity contribution in [1.29, 1.82) is 0 Å². The molecule has 0 saturated carbocycles. The van der Waals surface area contributed by atoms with Gasteiger partial charge in [0.25, 0.3) is 0 Å². The highest BCUT2D eigenvalue weighted by atomic mass is 16.5. The van der Waals surface area contributed by atoms with E-state index in [1.165, 1.54) is 0 Å². The number of hydrogen-bond donors (Lipinski definition) is 1. The van der Waals surface area contributed by atoms with E-state index in [0.717, 1.165) is 30.7 Å². The van der Waals surface area contributed by atoms with Crippen molar-refractivity contribution in [3.05, 3.63) is 41.5 Å². The molecule has 0 amide bonds. The Kier molecular flexibility index (Phi) is 4.40. The quantitative estimate of drug-likeness (QED) is 0.913. The normalized spacial score (nSPS) is 20.2. The van der Waals surface area contributed by atoms with E-state index < -0.39 is 6.10 Å². The second-order valence-corrected chi connectivity index (χ2v) is 5.62. The predicted octanol–water partition coefficient (Wildman–Crippen LogP) is 2.26. The molecule has 2 aromatic rings. The molecule has 6 heteroatoms. The number of benzene rings is 1. The van der Waals surface area contributed by atoms with E-state index in [0.29, 0.717) is 18.3 Å². The topological polar surface area (TPSA) is 71.6 Å². The third-order valence-corrected chi connectivity index (χ3v) is 4.09. The van der Waals surface area contributed by atoms with Gasteiger partial charge < -0.3 is 14.4 Å². The van der Waals surface area contributed by atoms with Gasteiger partial charge in [-0.2, -0.15) is 4.98 Å². The number of β-amino-alcohol motifs (C(OH)–C–C–N with tert-alkyl or cyclic N) is 1. The molecule has 1 aliphatic heterocycles. The number of ether oxygens (including phenoxy) is 1. The summed E-state index contributed by atoms with van der Waals surface area (Å²) in [5.74, 6) is 2.05. The predicted molar refractivity (Wildman–Crippen MR) is 80.5 cm³/mol. The summed E-state index contributed by atoms with van der Waals surface area (Å²) in [6.07, 6.45) is 1.50. The van der Waals surface area contributed by atoms with Gasteiger partial charge in [0.2, 0.25) is 5.89 Å². The fourth-order valence-corrected chi connectivity index (χ4v) is 2.96. The van der Waals surface area contributed by atoms with E-state index in [-0.39, 0.29) is 6.04 Å². The van der Waals surface area contributed by atoms with Gasteiger partial charge >= 0.3 is 0 Å². The minimum absolute atomic E-state index is 0.123. The Labute approximate surface area is 129 Å². The first-order valence-corrected chi connectivity index (χ1v) is 7.53. The van der Waals surface area contributed by atoms with Crippen LogP contribution in [0, 0.1) is 6.92 Å². The van der Waals surface area contributed by atoms with E-state index in [1.54, 1.807) is 14.0 Å². The van der Waals surface area contributed by atoms with Gasteiger partial charge in [0.05, 0.1) is 19.3 Å². The Morgan fingerprint density at radius 2 is 2.36 bits per heavy atom. The third-order valence-electron chi connectivity index (χ3n) is 4.09. The molecule has 2 unspecified atom stereocenters. The molecule has 0 radical (unpaired) electrons. The molecule has 1 fully saturated rings. The number of aliphatic hydroxyl groups is 1. The van der Waals surface area contributed by atoms with Crippen molar-refractivity contribution in [2.24, 2.45) is 0 Å². The van der Waals surface area contributed by atoms with Crippen LogP contribution < -0.4 is 4.74 Å². The Morgan fingerprint density at radius 1 is 1.50 bits per heavy atom. The molecule has 6 nitrogen and oxygen atoms in total. The molecule has 3 rings (SSSR count). The average Bonchev–Trinajstić information content (AvgIpc) is 3.16. The summed E-state index contributed by atoms with van der Waals surface area (Å²) in [7, 11) is 1.63. The lowest BCUT2D eigenvalue weighted by Crippen LogP contribution is -2.29. The van der Waals surface area contributed by atoms with Gasteiger partial charge in [-0.3, -0.25) is 4.90 Å². The molecular weight excluding hydrogens is 282 g/mol. The van der Waals surface area contributed by atoms with Crippen LogP contribution in [0.25, 0.3) is 0 Å². The van der Waals surface area contributed by atoms with E-state index in [1.807, 2.05) is 24.3 Å². The van der Waals surface area contributed by atoms with Crippen molar-refractivity contribution in [1.82, 2.24) is 15.0 Å². The maximum absolute atomic E-state index is 10.5. The zero-order valence-corrected chi connectivity index (χ0v) is 12.9. The Bertz CT molecular complexity index is 629. The SMILES string of the molecule is COc1cccc(C(O)CN2CCCC2c2noc(C)n2)c1. The maximum Gasteiger partial charge on any atom is 0.223 e. The van der Waals surface area contributed by atoms with Crippen molar-refractivity contribution in [3.8, 4) is 5.75 Å². The van der Waals surface area contributed by atoms with Gasteiger partial charge in [0.15, 0.2) is 5.82 Å². The molecule has 1 aliphatic rings. The minimum atomic E-state index is -0.566. The van der Waals surface area contributed by atoms with Gasteiger partial charge in [-0.1, -0.05) is 17.3 Å². The van der Waals surface area contributed by atoms with Crippen molar-refractivity contribution in [2.75, 3.05) is 20.2 Å². The smallest absolute Gasteiger partial charge is 0.223 e. The second kappa shape index (κ2) is 6.46. The van der Waals surface area contributed by atoms with Crippen LogP contribution in [0.5, 0.6) is 5.75 Å². The molecule has 2 atom stereocenters. The largest absolute Gasteiger partial charge is 0.497 e.